The second kappa shape index (κ2) is 9.67. The summed E-state index contributed by atoms with van der Waals surface area (Å²) in [7, 11) is -5.39. The molecule has 1 amide bonds. The van der Waals surface area contributed by atoms with Crippen molar-refractivity contribution in [2.24, 2.45) is 0 Å². The molecule has 1 fully saturated rings. The van der Waals surface area contributed by atoms with Crippen molar-refractivity contribution in [2.75, 3.05) is 23.4 Å². The first-order valence-corrected chi connectivity index (χ1v) is 12.2. The number of carbonyl (C=O) groups is 1. The number of halogens is 3. The summed E-state index contributed by atoms with van der Waals surface area (Å²) >= 11 is 0. The maximum atomic E-state index is 12.9. The molecule has 1 aliphatic heterocycles. The third-order valence-electron chi connectivity index (χ3n) is 5.84. The fourth-order valence-electron chi connectivity index (χ4n) is 3.92. The number of nitrogens with one attached hydrogen (secondary N) is 1. The van der Waals surface area contributed by atoms with Crippen molar-refractivity contribution in [1.29, 1.82) is 0 Å². The highest BCUT2D eigenvalue weighted by atomic mass is 32.2. The van der Waals surface area contributed by atoms with Gasteiger partial charge in [-0.3, -0.25) is 14.7 Å². The molecule has 1 aromatic heterocycles. The van der Waals surface area contributed by atoms with Gasteiger partial charge < -0.3 is 10.2 Å². The average Bonchev–Trinajstić information content (AvgIpc) is 3.19. The maximum Gasteiger partial charge on any atom is 0.501 e. The Balaban J connectivity index is 1.47. The fourth-order valence-corrected chi connectivity index (χ4v) is 4.68. The van der Waals surface area contributed by atoms with Gasteiger partial charge in [0.15, 0.2) is 0 Å². The molecular formula is C24H23F3N4O3S. The Bertz CT molecular complexity index is 1300. The second-order valence-corrected chi connectivity index (χ2v) is 10.2. The summed E-state index contributed by atoms with van der Waals surface area (Å²) in [6.07, 6.45) is 3.14. The Morgan fingerprint density at radius 2 is 1.77 bits per heavy atom. The third-order valence-corrected chi connectivity index (χ3v) is 7.34. The smallest absolute Gasteiger partial charge is 0.357 e. The molecule has 0 saturated carbocycles. The van der Waals surface area contributed by atoms with Gasteiger partial charge in [-0.1, -0.05) is 18.2 Å². The van der Waals surface area contributed by atoms with Gasteiger partial charge >= 0.3 is 5.51 Å². The lowest BCUT2D eigenvalue weighted by Gasteiger charge is -2.22. The van der Waals surface area contributed by atoms with E-state index in [-0.39, 0.29) is 11.9 Å². The average molecular weight is 505 g/mol. The molecule has 1 aliphatic rings. The molecule has 1 saturated heterocycles. The number of sulfone groups is 1. The second-order valence-electron chi connectivity index (χ2n) is 8.26. The third kappa shape index (κ3) is 5.30. The minimum absolute atomic E-state index is 0.0757. The van der Waals surface area contributed by atoms with Crippen LogP contribution in [-0.4, -0.2) is 49.0 Å². The summed E-state index contributed by atoms with van der Waals surface area (Å²) in [5.74, 6) is -0.274. The Hall–Kier alpha value is -3.44. The zero-order valence-corrected chi connectivity index (χ0v) is 19.6. The van der Waals surface area contributed by atoms with E-state index in [1.165, 1.54) is 18.3 Å². The predicted molar refractivity (Wildman–Crippen MR) is 126 cm³/mol. The summed E-state index contributed by atoms with van der Waals surface area (Å²) < 4.78 is 61.6. The first kappa shape index (κ1) is 24.7. The Morgan fingerprint density at radius 3 is 2.43 bits per heavy atom. The Morgan fingerprint density at radius 1 is 1.09 bits per heavy atom. The Kier molecular flexibility index (Phi) is 6.82. The molecule has 0 radical (unpaired) electrons. The van der Waals surface area contributed by atoms with Crippen molar-refractivity contribution < 1.29 is 26.4 Å². The number of aromatic nitrogens is 1. The number of hydrogen-bond donors (Lipinski definition) is 1. The number of nitrogens with zero attached hydrogens (tertiary/aromatic N) is 3. The van der Waals surface area contributed by atoms with Gasteiger partial charge in [0.1, 0.15) is 0 Å². The van der Waals surface area contributed by atoms with Gasteiger partial charge in [-0.15, -0.1) is 0 Å². The molecule has 4 rings (SSSR count). The maximum absolute atomic E-state index is 12.9. The van der Waals surface area contributed by atoms with Crippen LogP contribution in [0.4, 0.5) is 24.5 Å². The SMILES string of the molecule is CC1CN(c2ccc(S(=O)(=O)C(F)(F)F)cc2)CN1Cc1ccncc1C(=O)Nc1ccccc1. The molecule has 1 N–H and O–H groups in total. The van der Waals surface area contributed by atoms with Crippen molar-refractivity contribution in [3.05, 3.63) is 84.2 Å². The zero-order valence-electron chi connectivity index (χ0n) is 18.7. The van der Waals surface area contributed by atoms with Gasteiger partial charge in [0.25, 0.3) is 15.7 Å². The van der Waals surface area contributed by atoms with Gasteiger partial charge in [-0.05, 0) is 55.0 Å². The lowest BCUT2D eigenvalue weighted by Crippen LogP contribution is -2.29. The number of anilines is 2. The number of alkyl halides is 3. The molecule has 0 bridgehead atoms. The topological polar surface area (TPSA) is 82.6 Å². The standard InChI is InChI=1S/C24H23F3N4O3S/c1-17-14-31(20-7-9-21(10-8-20)35(33,34)24(25,26)27)16-30(17)15-18-11-12-28-13-22(18)23(32)29-19-5-3-2-4-6-19/h2-13,17H,14-16H2,1H3,(H,29,32). The van der Waals surface area contributed by atoms with Crippen molar-refractivity contribution in [2.45, 2.75) is 29.9 Å². The van der Waals surface area contributed by atoms with E-state index in [0.717, 1.165) is 17.7 Å². The molecule has 2 aromatic carbocycles. The van der Waals surface area contributed by atoms with Crippen molar-refractivity contribution in [3.8, 4) is 0 Å². The normalized spacial score (nSPS) is 16.9. The summed E-state index contributed by atoms with van der Waals surface area (Å²) in [5.41, 5.74) is -2.83. The van der Waals surface area contributed by atoms with Crippen LogP contribution in [0.2, 0.25) is 0 Å². The van der Waals surface area contributed by atoms with Gasteiger partial charge in [0.2, 0.25) is 0 Å². The highest BCUT2D eigenvalue weighted by Gasteiger charge is 2.46. The largest absolute Gasteiger partial charge is 0.501 e. The summed E-state index contributed by atoms with van der Waals surface area (Å²) in [4.78, 5) is 20.2. The molecule has 1 unspecified atom stereocenters. The predicted octanol–water partition coefficient (Wildman–Crippen LogP) is 4.30. The van der Waals surface area contributed by atoms with Crippen LogP contribution in [0.3, 0.4) is 0 Å². The van der Waals surface area contributed by atoms with Crippen molar-refractivity contribution >= 4 is 27.1 Å². The highest BCUT2D eigenvalue weighted by Crippen LogP contribution is 2.32. The fraction of sp³-hybridized carbons (Fsp3) is 0.250. The molecule has 11 heteroatoms. The van der Waals surface area contributed by atoms with E-state index < -0.39 is 20.2 Å². The minimum atomic E-state index is -5.39. The molecule has 2 heterocycles. The van der Waals surface area contributed by atoms with Crippen LogP contribution in [0.25, 0.3) is 0 Å². The van der Waals surface area contributed by atoms with E-state index in [1.807, 2.05) is 30.0 Å². The van der Waals surface area contributed by atoms with E-state index in [0.29, 0.717) is 36.7 Å². The van der Waals surface area contributed by atoms with E-state index in [2.05, 4.69) is 15.2 Å². The van der Waals surface area contributed by atoms with Crippen molar-refractivity contribution in [3.63, 3.8) is 0 Å². The van der Waals surface area contributed by atoms with Crippen LogP contribution in [-0.2, 0) is 16.4 Å². The van der Waals surface area contributed by atoms with E-state index >= 15 is 0 Å². The van der Waals surface area contributed by atoms with Gasteiger partial charge in [0, 0.05) is 42.9 Å². The van der Waals surface area contributed by atoms with Crippen LogP contribution in [0.1, 0.15) is 22.8 Å². The summed E-state index contributed by atoms with van der Waals surface area (Å²) in [6, 6.07) is 15.6. The van der Waals surface area contributed by atoms with Gasteiger partial charge in [0.05, 0.1) is 17.1 Å². The minimum Gasteiger partial charge on any atom is -0.357 e. The molecule has 0 spiro atoms. The van der Waals surface area contributed by atoms with Crippen LogP contribution in [0.15, 0.2) is 78.0 Å². The molecule has 35 heavy (non-hydrogen) atoms. The summed E-state index contributed by atoms with van der Waals surface area (Å²) in [5, 5.41) is 2.86. The first-order chi connectivity index (χ1) is 16.6. The molecule has 7 nitrogen and oxygen atoms in total. The number of rotatable bonds is 6. The number of carbonyl (C=O) groups excluding carboxylic acids is 1. The van der Waals surface area contributed by atoms with Crippen LogP contribution in [0.5, 0.6) is 0 Å². The summed E-state index contributed by atoms with van der Waals surface area (Å²) in [6.45, 7) is 3.50. The number of pyridine rings is 1. The molecular weight excluding hydrogens is 481 g/mol. The number of hydrogen-bond acceptors (Lipinski definition) is 6. The van der Waals surface area contributed by atoms with Gasteiger partial charge in [-0.25, -0.2) is 8.42 Å². The number of para-hydroxylation sites is 1. The lowest BCUT2D eigenvalue weighted by molar-refractivity contribution is -0.0436. The molecule has 0 aliphatic carbocycles. The van der Waals surface area contributed by atoms with E-state index in [4.69, 9.17) is 0 Å². The zero-order chi connectivity index (χ0) is 25.2. The Labute approximate surface area is 201 Å². The monoisotopic (exact) mass is 504 g/mol. The van der Waals surface area contributed by atoms with E-state index in [9.17, 15) is 26.4 Å². The number of benzene rings is 2. The molecule has 3 aromatic rings. The quantitative estimate of drug-likeness (QED) is 0.539. The first-order valence-electron chi connectivity index (χ1n) is 10.8. The molecule has 1 atom stereocenters. The highest BCUT2D eigenvalue weighted by molar-refractivity contribution is 7.92. The van der Waals surface area contributed by atoms with Gasteiger partial charge in [-0.2, -0.15) is 13.2 Å². The van der Waals surface area contributed by atoms with Crippen LogP contribution >= 0.6 is 0 Å². The lowest BCUT2D eigenvalue weighted by atomic mass is 10.1. The number of amides is 1. The molecule has 184 valence electrons. The van der Waals surface area contributed by atoms with Crippen LogP contribution in [0, 0.1) is 0 Å². The van der Waals surface area contributed by atoms with E-state index in [1.54, 1.807) is 24.4 Å². The van der Waals surface area contributed by atoms with Crippen molar-refractivity contribution in [1.82, 2.24) is 9.88 Å². The van der Waals surface area contributed by atoms with Crippen LogP contribution < -0.4 is 10.2 Å².